The summed E-state index contributed by atoms with van der Waals surface area (Å²) in [6, 6.07) is 0.573. The molecule has 0 saturated carbocycles. The van der Waals surface area contributed by atoms with Gasteiger partial charge < -0.3 is 5.32 Å². The number of hydrogen-bond acceptors (Lipinski definition) is 4. The van der Waals surface area contributed by atoms with E-state index in [1.165, 1.54) is 4.34 Å². The van der Waals surface area contributed by atoms with Crippen LogP contribution in [0.2, 0.25) is 0 Å². The topological polar surface area (TPSA) is 24.9 Å². The van der Waals surface area contributed by atoms with Crippen LogP contribution in [0.1, 0.15) is 19.5 Å². The molecular formula is C10H18N2S2. The Balaban J connectivity index is 2.39. The zero-order valence-corrected chi connectivity index (χ0v) is 10.8. The molecule has 0 radical (unpaired) electrons. The van der Waals surface area contributed by atoms with E-state index in [9.17, 15) is 0 Å². The van der Waals surface area contributed by atoms with Crippen LogP contribution < -0.4 is 5.32 Å². The smallest absolute Gasteiger partial charge is 0.150 e. The van der Waals surface area contributed by atoms with Crippen molar-refractivity contribution in [3.05, 3.63) is 11.1 Å². The van der Waals surface area contributed by atoms with Crippen LogP contribution in [0.4, 0.5) is 0 Å². The lowest BCUT2D eigenvalue weighted by molar-refractivity contribution is 0.465. The third kappa shape index (κ3) is 3.59. The number of nitrogens with one attached hydrogen (secondary N) is 1. The lowest BCUT2D eigenvalue weighted by Crippen LogP contribution is -2.32. The van der Waals surface area contributed by atoms with Crippen molar-refractivity contribution in [1.82, 2.24) is 10.3 Å². The van der Waals surface area contributed by atoms with Gasteiger partial charge in [-0.2, -0.15) is 0 Å². The number of hydrogen-bond donors (Lipinski definition) is 1. The van der Waals surface area contributed by atoms with E-state index in [1.54, 1.807) is 11.3 Å². The van der Waals surface area contributed by atoms with Crippen LogP contribution in [-0.4, -0.2) is 23.8 Å². The fraction of sp³-hybridized carbons (Fsp3) is 0.700. The Morgan fingerprint density at radius 1 is 1.57 bits per heavy atom. The summed E-state index contributed by atoms with van der Waals surface area (Å²) in [6.07, 6.45) is 0. The van der Waals surface area contributed by atoms with E-state index < -0.39 is 0 Å². The van der Waals surface area contributed by atoms with Crippen molar-refractivity contribution < 1.29 is 0 Å². The van der Waals surface area contributed by atoms with Crippen molar-refractivity contribution in [2.45, 2.75) is 31.2 Å². The molecule has 1 unspecified atom stereocenters. The molecule has 1 aromatic rings. The number of rotatable bonds is 5. The van der Waals surface area contributed by atoms with E-state index in [0.717, 1.165) is 11.4 Å². The highest BCUT2D eigenvalue weighted by Gasteiger charge is 2.11. The summed E-state index contributed by atoms with van der Waals surface area (Å²) in [5.74, 6) is 1.77. The van der Waals surface area contributed by atoms with Gasteiger partial charge in [-0.05, 0) is 19.9 Å². The monoisotopic (exact) mass is 230 g/mol. The Labute approximate surface area is 94.5 Å². The van der Waals surface area contributed by atoms with Crippen LogP contribution in [0.15, 0.2) is 9.72 Å². The summed E-state index contributed by atoms with van der Waals surface area (Å²) in [5, 5.41) is 5.44. The summed E-state index contributed by atoms with van der Waals surface area (Å²) in [7, 11) is 2.03. The quantitative estimate of drug-likeness (QED) is 0.787. The summed E-state index contributed by atoms with van der Waals surface area (Å²) in [5.41, 5.74) is 1.13. The predicted molar refractivity (Wildman–Crippen MR) is 65.3 cm³/mol. The molecule has 0 bridgehead atoms. The zero-order chi connectivity index (χ0) is 10.6. The number of thioether (sulfide) groups is 1. The van der Waals surface area contributed by atoms with Crippen molar-refractivity contribution in [3.63, 3.8) is 0 Å². The minimum absolute atomic E-state index is 0.573. The highest BCUT2D eigenvalue weighted by Crippen LogP contribution is 2.24. The van der Waals surface area contributed by atoms with Gasteiger partial charge in [0.15, 0.2) is 0 Å². The van der Waals surface area contributed by atoms with Crippen LogP contribution in [0.5, 0.6) is 0 Å². The fourth-order valence-electron chi connectivity index (χ4n) is 1.17. The molecule has 14 heavy (non-hydrogen) atoms. The highest BCUT2D eigenvalue weighted by molar-refractivity contribution is 8.01. The van der Waals surface area contributed by atoms with Crippen LogP contribution >= 0.6 is 23.1 Å². The van der Waals surface area contributed by atoms with Gasteiger partial charge in [-0.25, -0.2) is 4.98 Å². The average Bonchev–Trinajstić information content (AvgIpc) is 2.52. The number of aromatic nitrogens is 1. The molecule has 1 N–H and O–H groups in total. The fourth-order valence-corrected chi connectivity index (χ4v) is 3.39. The van der Waals surface area contributed by atoms with Gasteiger partial charge >= 0.3 is 0 Å². The molecule has 0 fully saturated rings. The summed E-state index contributed by atoms with van der Waals surface area (Å²) in [6.45, 7) is 6.53. The number of aryl methyl sites for hydroxylation is 1. The van der Waals surface area contributed by atoms with Crippen LogP contribution in [0.25, 0.3) is 0 Å². The van der Waals surface area contributed by atoms with Gasteiger partial charge in [0.25, 0.3) is 0 Å². The summed E-state index contributed by atoms with van der Waals surface area (Å²) in [4.78, 5) is 4.43. The molecule has 0 aliphatic carbocycles. The molecule has 0 amide bonds. The Morgan fingerprint density at radius 2 is 2.29 bits per heavy atom. The maximum atomic E-state index is 4.43. The third-order valence-corrected chi connectivity index (χ3v) is 4.42. The Hall–Kier alpha value is -0.0600. The van der Waals surface area contributed by atoms with Gasteiger partial charge in [0.1, 0.15) is 4.34 Å². The van der Waals surface area contributed by atoms with Gasteiger partial charge in [0, 0.05) is 22.9 Å². The third-order valence-electron chi connectivity index (χ3n) is 2.16. The van der Waals surface area contributed by atoms with E-state index in [2.05, 4.69) is 29.5 Å². The average molecular weight is 230 g/mol. The summed E-state index contributed by atoms with van der Waals surface area (Å²) >= 11 is 3.58. The largest absolute Gasteiger partial charge is 0.316 e. The van der Waals surface area contributed by atoms with Gasteiger partial charge in [-0.1, -0.05) is 25.6 Å². The Bertz CT molecular complexity index is 271. The first kappa shape index (κ1) is 12.0. The van der Waals surface area contributed by atoms with Crippen LogP contribution in [0, 0.1) is 12.8 Å². The highest BCUT2D eigenvalue weighted by atomic mass is 32.2. The molecule has 2 nitrogen and oxygen atoms in total. The van der Waals surface area contributed by atoms with Gasteiger partial charge in [0.2, 0.25) is 0 Å². The van der Waals surface area contributed by atoms with Crippen molar-refractivity contribution in [2.75, 3.05) is 12.8 Å². The zero-order valence-electron chi connectivity index (χ0n) is 9.20. The molecule has 4 heteroatoms. The van der Waals surface area contributed by atoms with Crippen molar-refractivity contribution in [2.24, 2.45) is 5.92 Å². The normalized spacial score (nSPS) is 13.5. The minimum Gasteiger partial charge on any atom is -0.316 e. The molecule has 0 aliphatic heterocycles. The van der Waals surface area contributed by atoms with E-state index in [4.69, 9.17) is 0 Å². The molecular weight excluding hydrogens is 212 g/mol. The first-order chi connectivity index (χ1) is 6.63. The Morgan fingerprint density at radius 3 is 2.71 bits per heavy atom. The van der Waals surface area contributed by atoms with Gasteiger partial charge in [-0.3, -0.25) is 0 Å². The van der Waals surface area contributed by atoms with Crippen molar-refractivity contribution >= 4 is 23.1 Å². The number of thiazole rings is 1. The Kier molecular flexibility index (Phi) is 4.92. The van der Waals surface area contributed by atoms with Crippen molar-refractivity contribution in [1.29, 1.82) is 0 Å². The summed E-state index contributed by atoms with van der Waals surface area (Å²) < 4.78 is 1.18. The van der Waals surface area contributed by atoms with E-state index in [0.29, 0.717) is 12.0 Å². The van der Waals surface area contributed by atoms with Crippen molar-refractivity contribution in [3.8, 4) is 0 Å². The molecule has 0 aromatic carbocycles. The van der Waals surface area contributed by atoms with Gasteiger partial charge in [0.05, 0.1) is 0 Å². The first-order valence-electron chi connectivity index (χ1n) is 4.85. The van der Waals surface area contributed by atoms with Crippen LogP contribution in [-0.2, 0) is 0 Å². The second kappa shape index (κ2) is 5.73. The lowest BCUT2D eigenvalue weighted by atomic mass is 10.1. The molecule has 1 aromatic heterocycles. The van der Waals surface area contributed by atoms with Gasteiger partial charge in [-0.15, -0.1) is 11.3 Å². The molecule has 1 atom stereocenters. The van der Waals surface area contributed by atoms with E-state index >= 15 is 0 Å². The van der Waals surface area contributed by atoms with E-state index in [-0.39, 0.29) is 0 Å². The maximum absolute atomic E-state index is 4.43. The standard InChI is InChI=1S/C10H18N2S2/c1-7(2)9(11-4)6-14-10-12-8(3)5-13-10/h5,7,9,11H,6H2,1-4H3. The number of nitrogens with zero attached hydrogens (tertiary/aromatic N) is 1. The SMILES string of the molecule is CNC(CSc1nc(C)cs1)C(C)C. The molecule has 0 spiro atoms. The molecule has 0 aliphatic rings. The maximum Gasteiger partial charge on any atom is 0.150 e. The second-order valence-corrected chi connectivity index (χ2v) is 5.83. The molecule has 1 rings (SSSR count). The van der Waals surface area contributed by atoms with Crippen LogP contribution in [0.3, 0.4) is 0 Å². The minimum atomic E-state index is 0.573. The first-order valence-corrected chi connectivity index (χ1v) is 6.72. The second-order valence-electron chi connectivity index (χ2n) is 3.70. The molecule has 0 saturated heterocycles. The lowest BCUT2D eigenvalue weighted by Gasteiger charge is -2.18. The molecule has 80 valence electrons. The van der Waals surface area contributed by atoms with E-state index in [1.807, 2.05) is 25.7 Å². The predicted octanol–water partition coefficient (Wildman–Crippen LogP) is 2.79. The molecule has 1 heterocycles.